The lowest BCUT2D eigenvalue weighted by Crippen LogP contribution is -2.50. The molecule has 2 aliphatic heterocycles. The van der Waals surface area contributed by atoms with Crippen molar-refractivity contribution in [3.8, 4) is 0 Å². The molecule has 0 bridgehead atoms. The molecule has 2 fully saturated rings. The predicted octanol–water partition coefficient (Wildman–Crippen LogP) is 2.59. The van der Waals surface area contributed by atoms with Crippen molar-refractivity contribution in [1.29, 1.82) is 0 Å². The SMILES string of the molecule is O=C(NC[C@H]1CN2CCC[C@H]2CO1)c1cc(Cl)ccc1Cl. The van der Waals surface area contributed by atoms with E-state index in [0.29, 0.717) is 28.2 Å². The summed E-state index contributed by atoms with van der Waals surface area (Å²) in [6.45, 7) is 3.27. The number of carbonyl (C=O) groups is 1. The maximum atomic E-state index is 12.2. The van der Waals surface area contributed by atoms with Crippen molar-refractivity contribution in [3.63, 3.8) is 0 Å². The lowest BCUT2D eigenvalue weighted by molar-refractivity contribution is -0.0461. The second kappa shape index (κ2) is 6.53. The summed E-state index contributed by atoms with van der Waals surface area (Å²) in [4.78, 5) is 14.6. The number of rotatable bonds is 3. The van der Waals surface area contributed by atoms with Gasteiger partial charge in [-0.05, 0) is 37.6 Å². The minimum Gasteiger partial charge on any atom is -0.373 e. The summed E-state index contributed by atoms with van der Waals surface area (Å²) in [6.07, 6.45) is 2.50. The van der Waals surface area contributed by atoms with Crippen LogP contribution in [0.1, 0.15) is 23.2 Å². The Kier molecular flexibility index (Phi) is 4.69. The number of benzene rings is 1. The molecule has 2 atom stereocenters. The van der Waals surface area contributed by atoms with Crippen molar-refractivity contribution in [3.05, 3.63) is 33.8 Å². The smallest absolute Gasteiger partial charge is 0.252 e. The second-order valence-electron chi connectivity index (χ2n) is 5.58. The Morgan fingerprint density at radius 1 is 1.43 bits per heavy atom. The fraction of sp³-hybridized carbons (Fsp3) is 0.533. The van der Waals surface area contributed by atoms with Gasteiger partial charge in [0.25, 0.3) is 5.91 Å². The number of halogens is 2. The van der Waals surface area contributed by atoms with Crippen LogP contribution in [0.4, 0.5) is 0 Å². The summed E-state index contributed by atoms with van der Waals surface area (Å²) in [5, 5.41) is 3.79. The van der Waals surface area contributed by atoms with Gasteiger partial charge in [-0.2, -0.15) is 0 Å². The Morgan fingerprint density at radius 2 is 2.29 bits per heavy atom. The number of morpholine rings is 1. The molecule has 4 nitrogen and oxygen atoms in total. The van der Waals surface area contributed by atoms with Crippen LogP contribution in [0, 0.1) is 0 Å². The lowest BCUT2D eigenvalue weighted by Gasteiger charge is -2.35. The molecule has 6 heteroatoms. The Hall–Kier alpha value is -0.810. The average Bonchev–Trinajstić information content (AvgIpc) is 2.94. The molecular weight excluding hydrogens is 311 g/mol. The molecule has 0 aliphatic carbocycles. The quantitative estimate of drug-likeness (QED) is 0.927. The van der Waals surface area contributed by atoms with Crippen molar-refractivity contribution in [2.45, 2.75) is 25.0 Å². The van der Waals surface area contributed by atoms with Crippen molar-refractivity contribution in [2.75, 3.05) is 26.2 Å². The van der Waals surface area contributed by atoms with Gasteiger partial charge in [0.15, 0.2) is 0 Å². The molecule has 0 unspecified atom stereocenters. The van der Waals surface area contributed by atoms with E-state index in [4.69, 9.17) is 27.9 Å². The third-order valence-corrected chi connectivity index (χ3v) is 4.69. The predicted molar refractivity (Wildman–Crippen MR) is 83.1 cm³/mol. The van der Waals surface area contributed by atoms with E-state index in [2.05, 4.69) is 10.2 Å². The largest absolute Gasteiger partial charge is 0.373 e. The van der Waals surface area contributed by atoms with Gasteiger partial charge < -0.3 is 10.1 Å². The summed E-state index contributed by atoms with van der Waals surface area (Å²) in [5.41, 5.74) is 0.402. The van der Waals surface area contributed by atoms with Crippen LogP contribution >= 0.6 is 23.2 Å². The van der Waals surface area contributed by atoms with Crippen LogP contribution in [0.3, 0.4) is 0 Å². The zero-order valence-corrected chi connectivity index (χ0v) is 13.2. The fourth-order valence-electron chi connectivity index (χ4n) is 2.98. The van der Waals surface area contributed by atoms with E-state index in [9.17, 15) is 4.79 Å². The van der Waals surface area contributed by atoms with Gasteiger partial charge in [0.05, 0.1) is 23.3 Å². The van der Waals surface area contributed by atoms with E-state index in [1.165, 1.54) is 12.8 Å². The van der Waals surface area contributed by atoms with E-state index < -0.39 is 0 Å². The van der Waals surface area contributed by atoms with Gasteiger partial charge in [-0.1, -0.05) is 23.2 Å². The number of nitrogens with zero attached hydrogens (tertiary/aromatic N) is 1. The number of amides is 1. The van der Waals surface area contributed by atoms with Crippen molar-refractivity contribution in [1.82, 2.24) is 10.2 Å². The highest BCUT2D eigenvalue weighted by atomic mass is 35.5. The fourth-order valence-corrected chi connectivity index (χ4v) is 3.36. The van der Waals surface area contributed by atoms with Crippen LogP contribution in [0.25, 0.3) is 0 Å². The molecule has 1 amide bonds. The van der Waals surface area contributed by atoms with E-state index in [1.54, 1.807) is 18.2 Å². The van der Waals surface area contributed by atoms with Crippen LogP contribution in [-0.2, 0) is 4.74 Å². The van der Waals surface area contributed by atoms with Crippen molar-refractivity contribution < 1.29 is 9.53 Å². The minimum atomic E-state index is -0.213. The van der Waals surface area contributed by atoms with Crippen LogP contribution in [0.2, 0.25) is 10.0 Å². The second-order valence-corrected chi connectivity index (χ2v) is 6.42. The molecule has 3 rings (SSSR count). The Balaban J connectivity index is 1.55. The first-order chi connectivity index (χ1) is 10.1. The van der Waals surface area contributed by atoms with Gasteiger partial charge in [0, 0.05) is 24.2 Å². The third-order valence-electron chi connectivity index (χ3n) is 4.12. The minimum absolute atomic E-state index is 0.0428. The normalized spacial score (nSPS) is 25.6. The van der Waals surface area contributed by atoms with Crippen LogP contribution in [-0.4, -0.2) is 49.2 Å². The summed E-state index contributed by atoms with van der Waals surface area (Å²) >= 11 is 11.9. The van der Waals surface area contributed by atoms with Crippen molar-refractivity contribution in [2.24, 2.45) is 0 Å². The topological polar surface area (TPSA) is 41.6 Å². The monoisotopic (exact) mass is 328 g/mol. The molecule has 0 radical (unpaired) electrons. The molecule has 1 N–H and O–H groups in total. The highest BCUT2D eigenvalue weighted by molar-refractivity contribution is 6.35. The van der Waals surface area contributed by atoms with Gasteiger partial charge in [-0.15, -0.1) is 0 Å². The van der Waals surface area contributed by atoms with E-state index in [0.717, 1.165) is 19.7 Å². The van der Waals surface area contributed by atoms with Crippen molar-refractivity contribution >= 4 is 29.1 Å². The third kappa shape index (κ3) is 3.51. The van der Waals surface area contributed by atoms with E-state index in [-0.39, 0.29) is 12.0 Å². The molecule has 0 saturated carbocycles. The molecular formula is C15H18Cl2N2O2. The summed E-state index contributed by atoms with van der Waals surface area (Å²) in [7, 11) is 0. The number of ether oxygens (including phenoxy) is 1. The van der Waals surface area contributed by atoms with Crippen LogP contribution in [0.5, 0.6) is 0 Å². The maximum absolute atomic E-state index is 12.2. The van der Waals surface area contributed by atoms with Crippen LogP contribution in [0.15, 0.2) is 18.2 Å². The summed E-state index contributed by atoms with van der Waals surface area (Å²) in [5.74, 6) is -0.213. The van der Waals surface area contributed by atoms with Gasteiger partial charge in [-0.3, -0.25) is 9.69 Å². The molecule has 0 aromatic heterocycles. The molecule has 2 aliphatic rings. The van der Waals surface area contributed by atoms with Gasteiger partial charge >= 0.3 is 0 Å². The number of fused-ring (bicyclic) bond motifs is 1. The number of nitrogens with one attached hydrogen (secondary N) is 1. The maximum Gasteiger partial charge on any atom is 0.252 e. The van der Waals surface area contributed by atoms with Gasteiger partial charge in [-0.25, -0.2) is 0 Å². The zero-order valence-electron chi connectivity index (χ0n) is 11.6. The molecule has 1 aromatic rings. The molecule has 1 aromatic carbocycles. The first-order valence-electron chi connectivity index (χ1n) is 7.22. The highest BCUT2D eigenvalue weighted by Crippen LogP contribution is 2.23. The Labute approximate surface area is 134 Å². The average molecular weight is 329 g/mol. The standard InChI is InChI=1S/C15H18Cl2N2O2/c16-10-3-4-14(17)13(6-10)15(20)18-7-12-8-19-5-1-2-11(19)9-21-12/h3-4,6,11-12H,1-2,5,7-9H2,(H,18,20)/t11-,12-/m0/s1. The number of carbonyl (C=O) groups excluding carboxylic acids is 1. The summed E-state index contributed by atoms with van der Waals surface area (Å²) in [6, 6.07) is 5.44. The molecule has 2 heterocycles. The lowest BCUT2D eigenvalue weighted by atomic mass is 10.1. The Morgan fingerprint density at radius 3 is 3.14 bits per heavy atom. The molecule has 114 valence electrons. The number of hydrogen-bond donors (Lipinski definition) is 1. The van der Waals surface area contributed by atoms with Gasteiger partial charge in [0.2, 0.25) is 0 Å². The molecule has 0 spiro atoms. The van der Waals surface area contributed by atoms with Gasteiger partial charge in [0.1, 0.15) is 0 Å². The first-order valence-corrected chi connectivity index (χ1v) is 7.98. The Bertz CT molecular complexity index is 538. The molecule has 21 heavy (non-hydrogen) atoms. The first kappa shape index (κ1) is 15.1. The van der Waals surface area contributed by atoms with Crippen LogP contribution < -0.4 is 5.32 Å². The van der Waals surface area contributed by atoms with E-state index in [1.807, 2.05) is 0 Å². The zero-order chi connectivity index (χ0) is 14.8. The number of hydrogen-bond acceptors (Lipinski definition) is 3. The van der Waals surface area contributed by atoms with E-state index >= 15 is 0 Å². The molecule has 2 saturated heterocycles. The highest BCUT2D eigenvalue weighted by Gasteiger charge is 2.32. The summed E-state index contributed by atoms with van der Waals surface area (Å²) < 4.78 is 5.82.